The molecule has 0 atom stereocenters. The molecule has 35 heavy (non-hydrogen) atoms. The van der Waals surface area contributed by atoms with E-state index in [-0.39, 0.29) is 56.3 Å². The molecule has 0 spiro atoms. The number of nitrogens with zero attached hydrogens (tertiary/aromatic N) is 3. The minimum Gasteiger partial charge on any atom is -0.396 e. The third-order valence-corrected chi connectivity index (χ3v) is 6.23. The maximum absolute atomic E-state index is 13.0. The van der Waals surface area contributed by atoms with E-state index in [9.17, 15) is 36.2 Å². The van der Waals surface area contributed by atoms with Gasteiger partial charge in [-0.15, -0.1) is 0 Å². The number of hydrogen-bond donors (Lipinski definition) is 2. The van der Waals surface area contributed by atoms with Crippen LogP contribution in [0.4, 0.5) is 26.3 Å². The third kappa shape index (κ3) is 9.25. The summed E-state index contributed by atoms with van der Waals surface area (Å²) in [5.74, 6) is -0.265. The lowest BCUT2D eigenvalue weighted by Gasteiger charge is -2.38. The van der Waals surface area contributed by atoms with Gasteiger partial charge in [-0.25, -0.2) is 0 Å². The number of carbonyl (C=O) groups is 1. The third-order valence-electron chi connectivity index (χ3n) is 6.23. The summed E-state index contributed by atoms with van der Waals surface area (Å²) in [6.07, 6.45) is -7.78. The van der Waals surface area contributed by atoms with Gasteiger partial charge in [0, 0.05) is 52.4 Å². The lowest BCUT2D eigenvalue weighted by atomic mass is 10.0. The maximum Gasteiger partial charge on any atom is 0.416 e. The fourth-order valence-corrected chi connectivity index (χ4v) is 4.22. The van der Waals surface area contributed by atoms with Crippen LogP contribution in [0.1, 0.15) is 36.0 Å². The van der Waals surface area contributed by atoms with Gasteiger partial charge in [0.15, 0.2) is 0 Å². The number of alkyl halides is 6. The molecule has 1 heterocycles. The molecule has 2 rings (SSSR count). The van der Waals surface area contributed by atoms with E-state index in [4.69, 9.17) is 5.11 Å². The molecule has 1 saturated heterocycles. The number of piperidine rings is 1. The number of benzene rings is 1. The predicted molar refractivity (Wildman–Crippen MR) is 118 cm³/mol. The van der Waals surface area contributed by atoms with Crippen molar-refractivity contribution >= 4 is 5.91 Å². The smallest absolute Gasteiger partial charge is 0.396 e. The zero-order valence-electron chi connectivity index (χ0n) is 19.7. The quantitative estimate of drug-likeness (QED) is 0.446. The number of amides is 1. The normalized spacial score (nSPS) is 16.2. The Kier molecular flexibility index (Phi) is 10.8. The molecule has 1 aromatic carbocycles. The Hall–Kier alpha value is -1.89. The second-order valence-electron chi connectivity index (χ2n) is 8.82. The zero-order chi connectivity index (χ0) is 26.2. The lowest BCUT2D eigenvalue weighted by molar-refractivity contribution is -0.143. The average Bonchev–Trinajstić information content (AvgIpc) is 2.79. The largest absolute Gasteiger partial charge is 0.416 e. The number of likely N-dealkylation sites (tertiary alicyclic amines) is 1. The van der Waals surface area contributed by atoms with Crippen LogP contribution in [-0.2, 0) is 23.6 Å². The van der Waals surface area contributed by atoms with Gasteiger partial charge in [0.25, 0.3) is 0 Å². The van der Waals surface area contributed by atoms with Crippen LogP contribution >= 0.6 is 0 Å². The van der Waals surface area contributed by atoms with Crippen molar-refractivity contribution in [1.82, 2.24) is 14.7 Å². The van der Waals surface area contributed by atoms with E-state index in [1.807, 2.05) is 4.90 Å². The van der Waals surface area contributed by atoms with Crippen LogP contribution in [0.2, 0.25) is 0 Å². The van der Waals surface area contributed by atoms with Crippen LogP contribution in [0.25, 0.3) is 0 Å². The van der Waals surface area contributed by atoms with Crippen LogP contribution in [0.3, 0.4) is 0 Å². The summed E-state index contributed by atoms with van der Waals surface area (Å²) in [5.41, 5.74) is -2.87. The van der Waals surface area contributed by atoms with Crippen molar-refractivity contribution in [2.75, 3.05) is 59.5 Å². The SMILES string of the molecule is CN(CCc1cc(C(F)(F)F)cc(C(F)(F)F)c1)C(=O)CN1CCC(N(CCO)CCCO)CC1. The van der Waals surface area contributed by atoms with Gasteiger partial charge in [0.05, 0.1) is 24.3 Å². The highest BCUT2D eigenvalue weighted by atomic mass is 19.4. The Morgan fingerprint density at radius 1 is 0.943 bits per heavy atom. The minimum absolute atomic E-state index is 0.0145. The molecule has 6 nitrogen and oxygen atoms in total. The van der Waals surface area contributed by atoms with Crippen molar-refractivity contribution in [1.29, 1.82) is 0 Å². The van der Waals surface area contributed by atoms with Crippen LogP contribution in [-0.4, -0.2) is 96.4 Å². The Morgan fingerprint density at radius 3 is 2.00 bits per heavy atom. The van der Waals surface area contributed by atoms with E-state index in [2.05, 4.69) is 4.90 Å². The average molecular weight is 514 g/mol. The maximum atomic E-state index is 13.0. The van der Waals surface area contributed by atoms with E-state index in [1.54, 1.807) is 0 Å². The minimum atomic E-state index is -4.91. The highest BCUT2D eigenvalue weighted by Crippen LogP contribution is 2.36. The molecular weight excluding hydrogens is 480 g/mol. The van der Waals surface area contributed by atoms with E-state index in [1.165, 1.54) is 11.9 Å². The van der Waals surface area contributed by atoms with Crippen molar-refractivity contribution in [3.8, 4) is 0 Å². The highest BCUT2D eigenvalue weighted by molar-refractivity contribution is 5.78. The first-order chi connectivity index (χ1) is 16.3. The Balaban J connectivity index is 1.90. The molecule has 200 valence electrons. The molecule has 0 aromatic heterocycles. The summed E-state index contributed by atoms with van der Waals surface area (Å²) in [4.78, 5) is 18.0. The predicted octanol–water partition coefficient (Wildman–Crippen LogP) is 2.87. The molecule has 0 bridgehead atoms. The molecule has 12 heteroatoms. The van der Waals surface area contributed by atoms with Crippen molar-refractivity contribution in [3.05, 3.63) is 34.9 Å². The van der Waals surface area contributed by atoms with Crippen molar-refractivity contribution in [2.45, 2.75) is 44.1 Å². The number of aliphatic hydroxyl groups is 2. The number of hydrogen-bond acceptors (Lipinski definition) is 5. The van der Waals surface area contributed by atoms with Crippen LogP contribution in [0, 0.1) is 0 Å². The highest BCUT2D eigenvalue weighted by Gasteiger charge is 2.37. The van der Waals surface area contributed by atoms with E-state index >= 15 is 0 Å². The number of likely N-dealkylation sites (N-methyl/N-ethyl adjacent to an activating group) is 1. The fraction of sp³-hybridized carbons (Fsp3) is 0.696. The summed E-state index contributed by atoms with van der Waals surface area (Å²) < 4.78 is 78.2. The second kappa shape index (κ2) is 12.9. The van der Waals surface area contributed by atoms with E-state index in [0.29, 0.717) is 44.7 Å². The van der Waals surface area contributed by atoms with Gasteiger partial charge in [0.2, 0.25) is 5.91 Å². The monoisotopic (exact) mass is 513 g/mol. The van der Waals surface area contributed by atoms with Gasteiger partial charge in [-0.2, -0.15) is 26.3 Å². The standard InChI is InChI=1S/C23H33F6N3O3/c1-30(7-3-17-13-18(22(24,25)26)15-19(14-17)23(27,28)29)21(35)16-31-8-4-20(5-9-31)32(10-12-34)6-2-11-33/h13-15,20,33-34H,2-12,16H2,1H3. The molecule has 1 aromatic rings. The molecule has 1 aliphatic rings. The number of halogens is 6. The van der Waals surface area contributed by atoms with Crippen molar-refractivity contribution in [2.24, 2.45) is 0 Å². The summed E-state index contributed by atoms with van der Waals surface area (Å²) in [6, 6.07) is 1.70. The van der Waals surface area contributed by atoms with Gasteiger partial charge in [-0.3, -0.25) is 14.6 Å². The van der Waals surface area contributed by atoms with Crippen LogP contribution in [0.15, 0.2) is 18.2 Å². The first-order valence-electron chi connectivity index (χ1n) is 11.6. The summed E-state index contributed by atoms with van der Waals surface area (Å²) in [5, 5.41) is 18.3. The summed E-state index contributed by atoms with van der Waals surface area (Å²) in [7, 11) is 1.48. The first-order valence-corrected chi connectivity index (χ1v) is 11.6. The molecule has 0 radical (unpaired) electrons. The van der Waals surface area contributed by atoms with E-state index < -0.39 is 23.5 Å². The van der Waals surface area contributed by atoms with Gasteiger partial charge < -0.3 is 15.1 Å². The van der Waals surface area contributed by atoms with Crippen LogP contribution < -0.4 is 0 Å². The molecule has 2 N–H and O–H groups in total. The molecular formula is C23H33F6N3O3. The fourth-order valence-electron chi connectivity index (χ4n) is 4.22. The first kappa shape index (κ1) is 29.3. The van der Waals surface area contributed by atoms with Gasteiger partial charge in [-0.05, 0) is 49.4 Å². The van der Waals surface area contributed by atoms with Gasteiger partial charge >= 0.3 is 12.4 Å². The zero-order valence-corrected chi connectivity index (χ0v) is 19.7. The lowest BCUT2D eigenvalue weighted by Crippen LogP contribution is -2.48. The number of rotatable bonds is 11. The molecule has 0 saturated carbocycles. The van der Waals surface area contributed by atoms with Gasteiger partial charge in [0.1, 0.15) is 0 Å². The van der Waals surface area contributed by atoms with Crippen molar-refractivity contribution in [3.63, 3.8) is 0 Å². The second-order valence-corrected chi connectivity index (χ2v) is 8.82. The molecule has 1 fully saturated rings. The van der Waals surface area contributed by atoms with Gasteiger partial charge in [-0.1, -0.05) is 0 Å². The Labute approximate surface area is 201 Å². The van der Waals surface area contributed by atoms with Crippen LogP contribution in [0.5, 0.6) is 0 Å². The topological polar surface area (TPSA) is 67.3 Å². The number of aliphatic hydroxyl groups excluding tert-OH is 2. The van der Waals surface area contributed by atoms with E-state index in [0.717, 1.165) is 12.8 Å². The summed E-state index contributed by atoms with van der Waals surface area (Å²) in [6.45, 7) is 2.66. The molecule has 1 aliphatic heterocycles. The summed E-state index contributed by atoms with van der Waals surface area (Å²) >= 11 is 0. The van der Waals surface area contributed by atoms with Crippen molar-refractivity contribution < 1.29 is 41.4 Å². The molecule has 0 aliphatic carbocycles. The number of carbonyl (C=O) groups excluding carboxylic acids is 1. The Bertz CT molecular complexity index is 778. The molecule has 1 amide bonds. The Morgan fingerprint density at radius 2 is 1.51 bits per heavy atom. The molecule has 0 unspecified atom stereocenters.